The quantitative estimate of drug-likeness (QED) is 0.108. The van der Waals surface area contributed by atoms with Gasteiger partial charge in [-0.15, -0.1) is 0 Å². The summed E-state index contributed by atoms with van der Waals surface area (Å²) in [4.78, 5) is 4.80. The molecule has 1 heterocycles. The second kappa shape index (κ2) is 20.2. The third kappa shape index (κ3) is 8.69. The molecule has 12 aromatic rings. The van der Waals surface area contributed by atoms with Crippen LogP contribution >= 0.6 is 0 Å². The van der Waals surface area contributed by atoms with Crippen molar-refractivity contribution in [2.45, 2.75) is 70.6 Å². The summed E-state index contributed by atoms with van der Waals surface area (Å²) in [6.07, 6.45) is 4.54. The highest BCUT2D eigenvalue weighted by atomic mass is 15.1. The van der Waals surface area contributed by atoms with Gasteiger partial charge in [0.25, 0.3) is 0 Å². The molecule has 388 valence electrons. The van der Waals surface area contributed by atoms with E-state index in [9.17, 15) is 0 Å². The van der Waals surface area contributed by atoms with Crippen molar-refractivity contribution in [3.63, 3.8) is 0 Å². The molecule has 2 atom stereocenters. The molecule has 0 radical (unpaired) electrons. The number of aryl methyl sites for hydroxylation is 2. The number of anilines is 6. The fraction of sp³-hybridized carbons (Fsp3) is 0.143. The lowest BCUT2D eigenvalue weighted by molar-refractivity contribution is 0.544. The minimum absolute atomic E-state index is 0.0914. The zero-order valence-corrected chi connectivity index (χ0v) is 46.2. The summed E-state index contributed by atoms with van der Waals surface area (Å²) in [6, 6.07) is 97.2. The number of benzene rings is 11. The van der Waals surface area contributed by atoms with Gasteiger partial charge in [0.15, 0.2) is 0 Å². The summed E-state index contributed by atoms with van der Waals surface area (Å²) < 4.78 is 2.42. The summed E-state index contributed by atoms with van der Waals surface area (Å²) in [5.41, 5.74) is 26.5. The third-order valence-corrected chi connectivity index (χ3v) is 17.8. The maximum Gasteiger partial charge on any atom is 0.0541 e. The molecule has 0 fully saturated rings. The first-order valence-corrected chi connectivity index (χ1v) is 28.8. The first-order chi connectivity index (χ1) is 39.3. The second-order valence-corrected chi connectivity index (χ2v) is 22.8. The molecule has 11 aromatic carbocycles. The van der Waals surface area contributed by atoms with Gasteiger partial charge in [0.2, 0.25) is 0 Å². The van der Waals surface area contributed by atoms with Crippen LogP contribution in [0.15, 0.2) is 261 Å². The number of nitrogens with zero attached hydrogens (tertiary/aromatic N) is 3. The van der Waals surface area contributed by atoms with Gasteiger partial charge >= 0.3 is 0 Å². The van der Waals surface area contributed by atoms with Gasteiger partial charge in [-0.05, 0) is 213 Å². The maximum atomic E-state index is 2.42. The molecule has 0 amide bonds. The van der Waals surface area contributed by atoms with Crippen LogP contribution in [0, 0.1) is 0 Å². The van der Waals surface area contributed by atoms with Crippen molar-refractivity contribution in [3.8, 4) is 39.1 Å². The molecule has 14 rings (SSSR count). The van der Waals surface area contributed by atoms with Crippen LogP contribution in [-0.4, -0.2) is 4.57 Å². The Balaban J connectivity index is 0.743. The van der Waals surface area contributed by atoms with Gasteiger partial charge in [0, 0.05) is 56.0 Å². The number of hydrogen-bond donors (Lipinski definition) is 0. The Kier molecular flexibility index (Phi) is 12.4. The first kappa shape index (κ1) is 49.1. The molecule has 2 aliphatic rings. The zero-order valence-electron chi connectivity index (χ0n) is 46.2. The molecule has 3 nitrogen and oxygen atoms in total. The van der Waals surface area contributed by atoms with Crippen LogP contribution in [0.2, 0.25) is 0 Å². The highest BCUT2D eigenvalue weighted by Crippen LogP contribution is 2.51. The van der Waals surface area contributed by atoms with Crippen molar-refractivity contribution in [3.05, 3.63) is 294 Å². The minimum atomic E-state index is -0.0914. The van der Waals surface area contributed by atoms with Crippen molar-refractivity contribution >= 4 is 55.9 Å². The van der Waals surface area contributed by atoms with E-state index in [0.29, 0.717) is 11.8 Å². The molecule has 0 saturated carbocycles. The molecule has 0 bridgehead atoms. The largest absolute Gasteiger partial charge is 0.310 e. The van der Waals surface area contributed by atoms with Crippen LogP contribution in [0.3, 0.4) is 0 Å². The topological polar surface area (TPSA) is 11.4 Å². The van der Waals surface area contributed by atoms with Crippen molar-refractivity contribution < 1.29 is 0 Å². The third-order valence-electron chi connectivity index (χ3n) is 17.8. The van der Waals surface area contributed by atoms with Gasteiger partial charge in [-0.1, -0.05) is 179 Å². The lowest BCUT2D eigenvalue weighted by Gasteiger charge is -2.29. The highest BCUT2D eigenvalue weighted by Gasteiger charge is 2.36. The molecule has 2 aliphatic carbocycles. The minimum Gasteiger partial charge on any atom is -0.310 e. The molecular formula is C77H65N3. The molecule has 0 aliphatic heterocycles. The fourth-order valence-electron chi connectivity index (χ4n) is 13.2. The molecule has 0 spiro atoms. The summed E-state index contributed by atoms with van der Waals surface area (Å²) in [7, 11) is 0. The van der Waals surface area contributed by atoms with Crippen LogP contribution in [-0.2, 0) is 18.3 Å². The number of rotatable bonds is 14. The summed E-state index contributed by atoms with van der Waals surface area (Å²) >= 11 is 0. The summed E-state index contributed by atoms with van der Waals surface area (Å²) in [6.45, 7) is 9.45. The van der Waals surface area contributed by atoms with E-state index >= 15 is 0 Å². The van der Waals surface area contributed by atoms with Gasteiger partial charge in [0.05, 0.1) is 11.0 Å². The van der Waals surface area contributed by atoms with E-state index in [-0.39, 0.29) is 5.41 Å². The Hall–Kier alpha value is -9.18. The molecule has 0 saturated heterocycles. The van der Waals surface area contributed by atoms with E-state index in [0.717, 1.165) is 35.6 Å². The van der Waals surface area contributed by atoms with Gasteiger partial charge in [-0.3, -0.25) is 0 Å². The monoisotopic (exact) mass is 1030 g/mol. The predicted molar refractivity (Wildman–Crippen MR) is 338 cm³/mol. The Bertz CT molecular complexity index is 4210. The van der Waals surface area contributed by atoms with E-state index in [1.807, 2.05) is 0 Å². The van der Waals surface area contributed by atoms with E-state index in [2.05, 4.69) is 303 Å². The average molecular weight is 1030 g/mol. The second-order valence-electron chi connectivity index (χ2n) is 22.8. The lowest BCUT2D eigenvalue weighted by Crippen LogP contribution is -2.16. The molecule has 1 aromatic heterocycles. The van der Waals surface area contributed by atoms with Crippen molar-refractivity contribution in [1.29, 1.82) is 0 Å². The van der Waals surface area contributed by atoms with Gasteiger partial charge in [-0.25, -0.2) is 0 Å². The molecule has 2 unspecified atom stereocenters. The maximum absolute atomic E-state index is 2.42. The van der Waals surface area contributed by atoms with E-state index in [4.69, 9.17) is 0 Å². The summed E-state index contributed by atoms with van der Waals surface area (Å²) in [5, 5.41) is 2.49. The Labute approximate surface area is 471 Å². The summed E-state index contributed by atoms with van der Waals surface area (Å²) in [5.74, 6) is 0.862. The first-order valence-electron chi connectivity index (χ1n) is 28.8. The lowest BCUT2D eigenvalue weighted by atomic mass is 9.82. The van der Waals surface area contributed by atoms with Gasteiger partial charge < -0.3 is 14.4 Å². The van der Waals surface area contributed by atoms with Crippen LogP contribution in [0.4, 0.5) is 34.1 Å². The van der Waals surface area contributed by atoms with Gasteiger partial charge in [0.1, 0.15) is 0 Å². The Morgan fingerprint density at radius 1 is 0.400 bits per heavy atom. The Morgan fingerprint density at radius 2 is 0.863 bits per heavy atom. The molecular weight excluding hydrogens is 967 g/mol. The molecule has 80 heavy (non-hydrogen) atoms. The number of fused-ring (bicyclic) bond motifs is 7. The predicted octanol–water partition coefficient (Wildman–Crippen LogP) is 21.1. The van der Waals surface area contributed by atoms with E-state index in [1.165, 1.54) is 118 Å². The normalized spacial score (nSPS) is 13.8. The van der Waals surface area contributed by atoms with Crippen molar-refractivity contribution in [2.75, 3.05) is 9.80 Å². The molecule has 0 N–H and O–H groups in total. The highest BCUT2D eigenvalue weighted by molar-refractivity contribution is 6.11. The van der Waals surface area contributed by atoms with Crippen LogP contribution < -0.4 is 9.80 Å². The number of para-hydroxylation sites is 3. The SMILES string of the molecule is CCC(CC(C)c1ccc(-c2ccc3c(c2)c2cc(-c4ccc(N(c5ccccc5)c5ccc6c(c5)C(C)(C)c5ccccc5-6)cc4)ccc2n3-c2ccccc2)cc1)c1ccc(N(c2ccccc2)c2ccc3c(c2)CC3)cc1. The van der Waals surface area contributed by atoms with Crippen molar-refractivity contribution in [1.82, 2.24) is 4.57 Å². The zero-order chi connectivity index (χ0) is 53.9. The van der Waals surface area contributed by atoms with Crippen LogP contribution in [0.5, 0.6) is 0 Å². The van der Waals surface area contributed by atoms with E-state index in [1.54, 1.807) is 0 Å². The number of aromatic nitrogens is 1. The fourth-order valence-corrected chi connectivity index (χ4v) is 13.2. The van der Waals surface area contributed by atoms with Gasteiger partial charge in [-0.2, -0.15) is 0 Å². The van der Waals surface area contributed by atoms with E-state index < -0.39 is 0 Å². The molecule has 3 heteroatoms. The smallest absolute Gasteiger partial charge is 0.0541 e. The standard InChI is InChI=1S/C77H65N3/c1-5-53(55-31-38-65(39-32-55)78(62-17-9-6-10-18-62)67-42-35-57-29-30-59(57)48-67)47-52(2)54-25-27-56(28-26-54)60-36-45-75-71(49-60)72-50-61(37-46-76(72)80(75)64-21-13-8-14-22-64)58-33-40-66(41-34-58)79(63-19-11-7-12-20-63)68-43-44-70-69-23-15-16-24-73(69)77(3,4)74(70)51-68/h6-28,31-46,48-53H,5,29-30,47H2,1-4H3. The van der Waals surface area contributed by atoms with Crippen LogP contribution in [0.25, 0.3) is 60.9 Å². The van der Waals surface area contributed by atoms with Crippen LogP contribution in [0.1, 0.15) is 85.8 Å². The Morgan fingerprint density at radius 3 is 1.44 bits per heavy atom. The van der Waals surface area contributed by atoms with Crippen molar-refractivity contribution in [2.24, 2.45) is 0 Å². The number of hydrogen-bond acceptors (Lipinski definition) is 2. The average Bonchev–Trinajstić information content (AvgIpc) is 4.08.